The minimum Gasteiger partial charge on any atom is -0.497 e. The van der Waals surface area contributed by atoms with E-state index in [1.54, 1.807) is 0 Å². The fraction of sp³-hybridized carbons (Fsp3) is 0.312. The molecule has 0 atom stereocenters. The van der Waals surface area contributed by atoms with Crippen molar-refractivity contribution in [2.75, 3.05) is 20.2 Å². The van der Waals surface area contributed by atoms with Crippen LogP contribution in [0.1, 0.15) is 5.56 Å². The summed E-state index contributed by atoms with van der Waals surface area (Å²) in [5.74, 6) is 0.343. The number of alkyl halides is 3. The number of pyridine rings is 1. The molecule has 1 aromatic carbocycles. The standard InChI is InChI=1S/C16H15F3N2O4S/c1-24-12-2-4-14(5-3-12)26(22,23)21-9-13(10-21)25-15-8-11(6-7-20-15)16(17,18)19/h2-8,13H,9-10H2,1H3. The first-order chi connectivity index (χ1) is 12.2. The first kappa shape index (κ1) is 18.5. The van der Waals surface area contributed by atoms with Gasteiger partial charge in [-0.15, -0.1) is 0 Å². The number of ether oxygens (including phenoxy) is 2. The van der Waals surface area contributed by atoms with Crippen LogP contribution in [0.2, 0.25) is 0 Å². The Labute approximate surface area is 148 Å². The largest absolute Gasteiger partial charge is 0.497 e. The third-order valence-electron chi connectivity index (χ3n) is 3.86. The van der Waals surface area contributed by atoms with Gasteiger partial charge in [0, 0.05) is 12.3 Å². The number of hydrogen-bond donors (Lipinski definition) is 0. The summed E-state index contributed by atoms with van der Waals surface area (Å²) in [6.45, 7) is 0.0680. The lowest BCUT2D eigenvalue weighted by Crippen LogP contribution is -2.56. The number of methoxy groups -OCH3 is 1. The highest BCUT2D eigenvalue weighted by Gasteiger charge is 2.39. The van der Waals surface area contributed by atoms with Gasteiger partial charge in [0.2, 0.25) is 15.9 Å². The van der Waals surface area contributed by atoms with E-state index in [-0.39, 0.29) is 23.9 Å². The maximum atomic E-state index is 12.7. The second kappa shape index (κ2) is 6.76. The zero-order valence-electron chi connectivity index (χ0n) is 13.6. The maximum Gasteiger partial charge on any atom is 0.416 e. The van der Waals surface area contributed by atoms with Crippen LogP contribution in [0.4, 0.5) is 13.2 Å². The van der Waals surface area contributed by atoms with E-state index in [4.69, 9.17) is 9.47 Å². The Kier molecular flexibility index (Phi) is 4.80. The maximum absolute atomic E-state index is 12.7. The predicted octanol–water partition coefficient (Wildman–Crippen LogP) is 2.56. The first-order valence-corrected chi connectivity index (χ1v) is 8.98. The molecule has 1 saturated heterocycles. The monoisotopic (exact) mass is 388 g/mol. The van der Waals surface area contributed by atoms with E-state index in [0.29, 0.717) is 5.75 Å². The van der Waals surface area contributed by atoms with E-state index in [9.17, 15) is 21.6 Å². The molecule has 0 N–H and O–H groups in total. The van der Waals surface area contributed by atoms with Crippen molar-refractivity contribution in [2.24, 2.45) is 0 Å². The first-order valence-electron chi connectivity index (χ1n) is 7.54. The minimum atomic E-state index is -4.50. The van der Waals surface area contributed by atoms with Crippen molar-refractivity contribution in [3.05, 3.63) is 48.2 Å². The van der Waals surface area contributed by atoms with Crippen LogP contribution >= 0.6 is 0 Å². The van der Waals surface area contributed by atoms with E-state index in [0.717, 1.165) is 18.3 Å². The van der Waals surface area contributed by atoms with Crippen molar-refractivity contribution in [1.82, 2.24) is 9.29 Å². The van der Waals surface area contributed by atoms with Gasteiger partial charge >= 0.3 is 6.18 Å². The summed E-state index contributed by atoms with van der Waals surface area (Å²) in [5, 5.41) is 0. The molecule has 140 valence electrons. The Balaban J connectivity index is 1.63. The lowest BCUT2D eigenvalue weighted by Gasteiger charge is -2.37. The van der Waals surface area contributed by atoms with E-state index >= 15 is 0 Å². The number of nitrogens with zero attached hydrogens (tertiary/aromatic N) is 2. The zero-order chi connectivity index (χ0) is 18.9. The topological polar surface area (TPSA) is 68.7 Å². The van der Waals surface area contributed by atoms with E-state index in [1.165, 1.54) is 35.7 Å². The lowest BCUT2D eigenvalue weighted by atomic mass is 10.2. The van der Waals surface area contributed by atoms with Gasteiger partial charge in [0.15, 0.2) is 0 Å². The van der Waals surface area contributed by atoms with Crippen molar-refractivity contribution in [1.29, 1.82) is 0 Å². The smallest absolute Gasteiger partial charge is 0.416 e. The van der Waals surface area contributed by atoms with Crippen LogP contribution in [0.15, 0.2) is 47.5 Å². The van der Waals surface area contributed by atoms with E-state index in [2.05, 4.69) is 4.98 Å². The fourth-order valence-corrected chi connectivity index (χ4v) is 3.89. The van der Waals surface area contributed by atoms with Gasteiger partial charge in [-0.05, 0) is 30.3 Å². The highest BCUT2D eigenvalue weighted by molar-refractivity contribution is 7.89. The van der Waals surface area contributed by atoms with Gasteiger partial charge in [0.1, 0.15) is 11.9 Å². The van der Waals surface area contributed by atoms with Gasteiger partial charge in [-0.3, -0.25) is 0 Å². The summed E-state index contributed by atoms with van der Waals surface area (Å²) in [6, 6.07) is 7.56. The SMILES string of the molecule is COc1ccc(S(=O)(=O)N2CC(Oc3cc(C(F)(F)F)ccn3)C2)cc1. The summed E-state index contributed by atoms with van der Waals surface area (Å²) >= 11 is 0. The van der Waals surface area contributed by atoms with E-state index in [1.807, 2.05) is 0 Å². The molecule has 1 aliphatic rings. The molecule has 10 heteroatoms. The average Bonchev–Trinajstić information content (AvgIpc) is 2.57. The van der Waals surface area contributed by atoms with E-state index < -0.39 is 27.9 Å². The Morgan fingerprint density at radius 1 is 1.15 bits per heavy atom. The van der Waals surface area contributed by atoms with Gasteiger partial charge in [0.25, 0.3) is 0 Å². The summed E-state index contributed by atoms with van der Waals surface area (Å²) < 4.78 is 74.5. The minimum absolute atomic E-state index is 0.0340. The predicted molar refractivity (Wildman–Crippen MR) is 85.4 cm³/mol. The molecule has 2 aromatic rings. The van der Waals surface area contributed by atoms with Crippen molar-refractivity contribution in [3.8, 4) is 11.6 Å². The number of benzene rings is 1. The van der Waals surface area contributed by atoms with Gasteiger partial charge < -0.3 is 9.47 Å². The van der Waals surface area contributed by atoms with Crippen LogP contribution in [0.25, 0.3) is 0 Å². The van der Waals surface area contributed by atoms with Crippen LogP contribution < -0.4 is 9.47 Å². The second-order valence-corrected chi connectivity index (χ2v) is 7.56. The Bertz CT molecular complexity index is 879. The fourth-order valence-electron chi connectivity index (χ4n) is 2.39. The molecular weight excluding hydrogens is 373 g/mol. The molecule has 0 radical (unpaired) electrons. The molecule has 0 bridgehead atoms. The number of sulfonamides is 1. The van der Waals surface area contributed by atoms with Crippen molar-refractivity contribution < 1.29 is 31.1 Å². The number of halogens is 3. The van der Waals surface area contributed by atoms with Gasteiger partial charge in [-0.2, -0.15) is 17.5 Å². The number of rotatable bonds is 5. The summed E-state index contributed by atoms with van der Waals surface area (Å²) in [4.78, 5) is 3.84. The lowest BCUT2D eigenvalue weighted by molar-refractivity contribution is -0.137. The summed E-state index contributed by atoms with van der Waals surface area (Å²) in [5.41, 5.74) is -0.871. The molecule has 6 nitrogen and oxygen atoms in total. The molecule has 26 heavy (non-hydrogen) atoms. The third kappa shape index (κ3) is 3.75. The molecule has 0 saturated carbocycles. The van der Waals surface area contributed by atoms with Crippen LogP contribution in [0.3, 0.4) is 0 Å². The average molecular weight is 388 g/mol. The van der Waals surface area contributed by atoms with Crippen LogP contribution in [-0.4, -0.2) is 44.0 Å². The molecule has 1 aromatic heterocycles. The van der Waals surface area contributed by atoms with Crippen LogP contribution in [-0.2, 0) is 16.2 Å². The van der Waals surface area contributed by atoms with Gasteiger partial charge in [-0.1, -0.05) is 0 Å². The van der Waals surface area contributed by atoms with Gasteiger partial charge in [-0.25, -0.2) is 13.4 Å². The van der Waals surface area contributed by atoms with Crippen molar-refractivity contribution in [2.45, 2.75) is 17.2 Å². The summed E-state index contributed by atoms with van der Waals surface area (Å²) in [6.07, 6.45) is -4.05. The van der Waals surface area contributed by atoms with Crippen molar-refractivity contribution >= 4 is 10.0 Å². The molecule has 0 aliphatic carbocycles. The molecule has 0 spiro atoms. The summed E-state index contributed by atoms with van der Waals surface area (Å²) in [7, 11) is -2.21. The molecule has 1 aliphatic heterocycles. The zero-order valence-corrected chi connectivity index (χ0v) is 14.4. The Morgan fingerprint density at radius 2 is 1.81 bits per heavy atom. The highest BCUT2D eigenvalue weighted by Crippen LogP contribution is 2.31. The molecular formula is C16H15F3N2O4S. The molecule has 0 amide bonds. The Hall–Kier alpha value is -2.33. The number of hydrogen-bond acceptors (Lipinski definition) is 5. The van der Waals surface area contributed by atoms with Crippen LogP contribution in [0, 0.1) is 0 Å². The molecule has 2 heterocycles. The molecule has 0 unspecified atom stereocenters. The van der Waals surface area contributed by atoms with Gasteiger partial charge in [0.05, 0.1) is 30.7 Å². The second-order valence-electron chi connectivity index (χ2n) is 5.62. The van der Waals surface area contributed by atoms with Crippen LogP contribution in [0.5, 0.6) is 11.6 Å². The normalized spacial score (nSPS) is 16.2. The quantitative estimate of drug-likeness (QED) is 0.788. The van der Waals surface area contributed by atoms with Crippen molar-refractivity contribution in [3.63, 3.8) is 0 Å². The third-order valence-corrected chi connectivity index (χ3v) is 5.71. The number of aromatic nitrogens is 1. The Morgan fingerprint density at radius 3 is 2.38 bits per heavy atom. The molecule has 1 fully saturated rings. The molecule has 3 rings (SSSR count). The highest BCUT2D eigenvalue weighted by atomic mass is 32.2.